The van der Waals surface area contributed by atoms with E-state index in [1.54, 1.807) is 4.98 Å². The molecule has 222 valence electrons. The first-order valence-electron chi connectivity index (χ1n) is 11.6. The van der Waals surface area contributed by atoms with Gasteiger partial charge in [0.25, 0.3) is 12.0 Å². The maximum Gasteiger partial charge on any atom is 0.435 e. The van der Waals surface area contributed by atoms with Crippen molar-refractivity contribution >= 4 is 30.1 Å². The molecule has 0 bridgehead atoms. The Morgan fingerprint density at radius 1 is 1.05 bits per heavy atom. The molecule has 4 rings (SSSR count). The van der Waals surface area contributed by atoms with Crippen molar-refractivity contribution in [2.45, 2.75) is 30.5 Å². The minimum absolute atomic E-state index is 0.123. The quantitative estimate of drug-likeness (QED) is 0.299. The molecule has 2 aromatic carbocycles. The lowest BCUT2D eigenvalue weighted by Gasteiger charge is -2.32. The Labute approximate surface area is 240 Å². The predicted molar refractivity (Wildman–Crippen MR) is 144 cm³/mol. The van der Waals surface area contributed by atoms with Crippen LogP contribution in [0.15, 0.2) is 64.3 Å². The highest BCUT2D eigenvalue weighted by Gasteiger charge is 2.62. The lowest BCUT2D eigenvalue weighted by molar-refractivity contribution is -0.192. The summed E-state index contributed by atoms with van der Waals surface area (Å²) in [5, 5.41) is 10.1. The molecule has 0 aliphatic carbocycles. The van der Waals surface area contributed by atoms with Gasteiger partial charge in [-0.1, -0.05) is 11.6 Å². The van der Waals surface area contributed by atoms with Crippen LogP contribution in [0.2, 0.25) is 5.02 Å². The highest BCUT2D eigenvalue weighted by Crippen LogP contribution is 2.53. The van der Waals surface area contributed by atoms with Crippen LogP contribution in [0.1, 0.15) is 6.23 Å². The van der Waals surface area contributed by atoms with Crippen LogP contribution < -0.4 is 29.8 Å². The van der Waals surface area contributed by atoms with E-state index >= 15 is 4.39 Å². The summed E-state index contributed by atoms with van der Waals surface area (Å²) >= 11 is 11.2. The van der Waals surface area contributed by atoms with Crippen molar-refractivity contribution < 1.29 is 46.1 Å². The van der Waals surface area contributed by atoms with E-state index in [0.717, 1.165) is 0 Å². The molecule has 3 aromatic rings. The first-order valence-corrected chi connectivity index (χ1v) is 14.6. The van der Waals surface area contributed by atoms with Crippen molar-refractivity contribution in [1.29, 1.82) is 0 Å². The Kier molecular flexibility index (Phi) is 9.36. The summed E-state index contributed by atoms with van der Waals surface area (Å²) in [4.78, 5) is 25.7. The number of nitrogens with zero attached hydrogens (tertiary/aromatic N) is 1. The Morgan fingerprint density at radius 3 is 2.00 bits per heavy atom. The number of benzene rings is 2. The number of nitrogens with one attached hydrogen (secondary N) is 1. The molecule has 1 aromatic heterocycles. The van der Waals surface area contributed by atoms with Gasteiger partial charge in [-0.25, -0.2) is 18.0 Å². The van der Waals surface area contributed by atoms with E-state index in [0.29, 0.717) is 22.3 Å². The zero-order valence-electron chi connectivity index (χ0n) is 21.2. The fourth-order valence-corrected chi connectivity index (χ4v) is 5.88. The maximum absolute atomic E-state index is 15.2. The second-order valence-electron chi connectivity index (χ2n) is 8.55. The number of hydrogen-bond donors (Lipinski definition) is 2. The minimum Gasteiger partial charge on any atom is -0.497 e. The summed E-state index contributed by atoms with van der Waals surface area (Å²) in [5.74, 6) is 1.22. The zero-order valence-corrected chi connectivity index (χ0v) is 23.7. The van der Waals surface area contributed by atoms with Gasteiger partial charge in [0, 0.05) is 18.0 Å². The van der Waals surface area contributed by atoms with Crippen LogP contribution in [0.25, 0.3) is 0 Å². The first-order chi connectivity index (χ1) is 19.4. The lowest BCUT2D eigenvalue weighted by atomic mass is 9.97. The molecule has 0 spiro atoms. The van der Waals surface area contributed by atoms with Crippen LogP contribution in [0.3, 0.4) is 0 Å². The van der Waals surface area contributed by atoms with Gasteiger partial charge in [0.05, 0.1) is 20.8 Å². The standard InChI is InChI=1S/C24H23ClF3N2O9PS/c1-34-13-3-7-15(8-4-13)38-40(41,39-16-9-5-14(35-2)6-10-16)36-12-24(22(27)28)19(31)18(26)21(37-24)30-11-17(25)20(32)29-23(30)33/h3-11,18-19,21-22,31H,12H2,1-2H3,(H,29,32,33)/t18?,19?,21-,24-/m0/s1. The Hall–Kier alpha value is -3.07. The number of halogens is 4. The number of ether oxygens (including phenoxy) is 3. The molecule has 1 fully saturated rings. The maximum atomic E-state index is 15.2. The summed E-state index contributed by atoms with van der Waals surface area (Å²) in [6.07, 6.45) is -10.0. The van der Waals surface area contributed by atoms with Crippen molar-refractivity contribution in [2.75, 3.05) is 20.8 Å². The molecular formula is C24H23ClF3N2O9PS. The smallest absolute Gasteiger partial charge is 0.435 e. The Morgan fingerprint density at radius 2 is 1.54 bits per heavy atom. The monoisotopic (exact) mass is 638 g/mol. The van der Waals surface area contributed by atoms with Gasteiger partial charge < -0.3 is 28.4 Å². The molecule has 11 nitrogen and oxygen atoms in total. The molecule has 2 N–H and O–H groups in total. The number of H-pyrrole nitrogens is 1. The number of hydrogen-bond acceptors (Lipinski definition) is 10. The van der Waals surface area contributed by atoms with Gasteiger partial charge in [-0.3, -0.25) is 18.9 Å². The zero-order chi connectivity index (χ0) is 29.9. The fraction of sp³-hybridized carbons (Fsp3) is 0.333. The van der Waals surface area contributed by atoms with Gasteiger partial charge in [-0.05, 0) is 48.5 Å². The van der Waals surface area contributed by atoms with Crippen LogP contribution in [-0.4, -0.2) is 59.8 Å². The molecular weight excluding hydrogens is 616 g/mol. The molecule has 17 heteroatoms. The van der Waals surface area contributed by atoms with Crippen molar-refractivity contribution in [2.24, 2.45) is 0 Å². The third kappa shape index (κ3) is 6.55. The molecule has 0 amide bonds. The second-order valence-corrected chi connectivity index (χ2v) is 11.8. The lowest BCUT2D eigenvalue weighted by Crippen LogP contribution is -2.52. The number of methoxy groups -OCH3 is 2. The third-order valence-corrected chi connectivity index (χ3v) is 8.33. The van der Waals surface area contributed by atoms with Crippen LogP contribution in [0.5, 0.6) is 23.0 Å². The van der Waals surface area contributed by atoms with Gasteiger partial charge in [0.2, 0.25) is 0 Å². The molecule has 1 aliphatic heterocycles. The Balaban J connectivity index is 1.65. The topological polar surface area (TPSA) is 130 Å². The molecule has 0 saturated carbocycles. The van der Waals surface area contributed by atoms with Crippen molar-refractivity contribution in [3.63, 3.8) is 0 Å². The summed E-state index contributed by atoms with van der Waals surface area (Å²) in [6.45, 7) is -5.26. The van der Waals surface area contributed by atoms with Crippen LogP contribution in [-0.2, 0) is 21.1 Å². The average Bonchev–Trinajstić information content (AvgIpc) is 3.21. The van der Waals surface area contributed by atoms with E-state index in [-0.39, 0.29) is 11.5 Å². The average molecular weight is 639 g/mol. The number of aliphatic hydroxyl groups excluding tert-OH is 1. The van der Waals surface area contributed by atoms with E-state index in [4.69, 9.17) is 51.2 Å². The van der Waals surface area contributed by atoms with Gasteiger partial charge in [-0.15, -0.1) is 0 Å². The van der Waals surface area contributed by atoms with Crippen molar-refractivity contribution in [3.8, 4) is 23.0 Å². The van der Waals surface area contributed by atoms with E-state index in [2.05, 4.69) is 0 Å². The van der Waals surface area contributed by atoms with E-state index in [1.807, 2.05) is 0 Å². The summed E-state index contributed by atoms with van der Waals surface area (Å²) in [7, 11) is 2.90. The summed E-state index contributed by atoms with van der Waals surface area (Å²) in [6, 6.07) is 12.0. The van der Waals surface area contributed by atoms with Crippen LogP contribution in [0.4, 0.5) is 13.2 Å². The van der Waals surface area contributed by atoms with E-state index < -0.39 is 60.1 Å². The van der Waals surface area contributed by atoms with Gasteiger partial charge >= 0.3 is 12.4 Å². The van der Waals surface area contributed by atoms with Gasteiger partial charge in [0.1, 0.15) is 34.1 Å². The summed E-state index contributed by atoms with van der Waals surface area (Å²) < 4.78 is 77.3. The number of rotatable bonds is 11. The summed E-state index contributed by atoms with van der Waals surface area (Å²) in [5.41, 5.74) is -5.23. The first kappa shape index (κ1) is 30.9. The molecule has 4 atom stereocenters. The van der Waals surface area contributed by atoms with Gasteiger partial charge in [-0.2, -0.15) is 0 Å². The molecule has 1 saturated heterocycles. The van der Waals surface area contributed by atoms with E-state index in [1.165, 1.54) is 62.8 Å². The minimum atomic E-state index is -4.04. The molecule has 41 heavy (non-hydrogen) atoms. The van der Waals surface area contributed by atoms with E-state index in [9.17, 15) is 23.5 Å². The van der Waals surface area contributed by atoms with Crippen molar-refractivity contribution in [1.82, 2.24) is 9.55 Å². The van der Waals surface area contributed by atoms with Crippen LogP contribution in [0, 0.1) is 0 Å². The Bertz CT molecular complexity index is 1470. The molecule has 2 unspecified atom stereocenters. The molecule has 1 aliphatic rings. The third-order valence-electron chi connectivity index (χ3n) is 5.98. The molecule has 0 radical (unpaired) electrons. The van der Waals surface area contributed by atoms with Gasteiger partial charge in [0.15, 0.2) is 18.0 Å². The van der Waals surface area contributed by atoms with Crippen LogP contribution >= 0.6 is 18.3 Å². The SMILES string of the molecule is COc1ccc(OP(=S)(OC[C@]2(C(F)F)O[C@H](n3cc(Cl)c(=O)[nH]c3=O)C(F)C2O)Oc2ccc(OC)cc2)cc1. The number of aromatic amines is 1. The number of alkyl halides is 3. The highest BCUT2D eigenvalue weighted by atomic mass is 35.5. The number of aromatic nitrogens is 2. The normalized spacial score (nSPS) is 22.5. The second kappa shape index (κ2) is 12.4. The predicted octanol–water partition coefficient (Wildman–Crippen LogP) is 3.84. The highest BCUT2D eigenvalue weighted by molar-refractivity contribution is 8.07. The molecule has 2 heterocycles. The fourth-order valence-electron chi connectivity index (χ4n) is 3.79. The number of aliphatic hydroxyl groups is 1. The van der Waals surface area contributed by atoms with Crippen molar-refractivity contribution in [3.05, 3.63) is 80.6 Å². The largest absolute Gasteiger partial charge is 0.497 e.